The SMILES string of the molecule is CC1=NN=C(NC(=O)Cc2cccc(N3CCNCC3)c2)C1. The van der Waals surface area contributed by atoms with Crippen LogP contribution in [0.25, 0.3) is 0 Å². The molecule has 0 atom stereocenters. The third kappa shape index (κ3) is 3.71. The molecule has 6 nitrogen and oxygen atoms in total. The first-order valence-electron chi connectivity index (χ1n) is 7.65. The van der Waals surface area contributed by atoms with Gasteiger partial charge in [-0.3, -0.25) is 4.79 Å². The molecule has 0 aromatic heterocycles. The fourth-order valence-electron chi connectivity index (χ4n) is 2.70. The highest BCUT2D eigenvalue weighted by Crippen LogP contribution is 2.17. The van der Waals surface area contributed by atoms with Gasteiger partial charge in [0.2, 0.25) is 5.91 Å². The molecule has 0 radical (unpaired) electrons. The Bertz CT molecular complexity index is 617. The summed E-state index contributed by atoms with van der Waals surface area (Å²) in [4.78, 5) is 14.4. The Morgan fingerprint density at radius 2 is 2.14 bits per heavy atom. The molecular weight excluding hydrogens is 278 g/mol. The molecule has 0 aliphatic carbocycles. The summed E-state index contributed by atoms with van der Waals surface area (Å²) in [5, 5.41) is 14.1. The van der Waals surface area contributed by atoms with Gasteiger partial charge >= 0.3 is 0 Å². The van der Waals surface area contributed by atoms with E-state index < -0.39 is 0 Å². The van der Waals surface area contributed by atoms with E-state index in [0.29, 0.717) is 18.7 Å². The molecular formula is C16H21N5O. The second kappa shape index (κ2) is 6.70. The van der Waals surface area contributed by atoms with Gasteiger partial charge in [-0.25, -0.2) is 0 Å². The maximum atomic E-state index is 12.1. The molecule has 116 valence electrons. The number of anilines is 1. The quantitative estimate of drug-likeness (QED) is 0.872. The van der Waals surface area contributed by atoms with Crippen molar-refractivity contribution in [3.8, 4) is 0 Å². The molecule has 1 amide bonds. The van der Waals surface area contributed by atoms with Gasteiger partial charge in [0.05, 0.1) is 6.42 Å². The number of carbonyl (C=O) groups excluding carboxylic acids is 1. The summed E-state index contributed by atoms with van der Waals surface area (Å²) in [6, 6.07) is 8.21. The summed E-state index contributed by atoms with van der Waals surface area (Å²) in [5.41, 5.74) is 3.13. The number of amides is 1. The Morgan fingerprint density at radius 3 is 2.86 bits per heavy atom. The molecule has 1 aromatic carbocycles. The maximum absolute atomic E-state index is 12.1. The molecule has 22 heavy (non-hydrogen) atoms. The van der Waals surface area contributed by atoms with Crippen LogP contribution in [0.3, 0.4) is 0 Å². The van der Waals surface area contributed by atoms with Gasteiger partial charge in [0.25, 0.3) is 0 Å². The molecule has 2 heterocycles. The van der Waals surface area contributed by atoms with Gasteiger partial charge in [0, 0.05) is 44.0 Å². The van der Waals surface area contributed by atoms with Gasteiger partial charge in [-0.05, 0) is 24.6 Å². The molecule has 1 aromatic rings. The van der Waals surface area contributed by atoms with Gasteiger partial charge in [0.15, 0.2) is 0 Å². The van der Waals surface area contributed by atoms with Crippen molar-refractivity contribution >= 4 is 23.1 Å². The Kier molecular flexibility index (Phi) is 4.48. The largest absolute Gasteiger partial charge is 0.369 e. The molecule has 1 saturated heterocycles. The lowest BCUT2D eigenvalue weighted by molar-refractivity contribution is -0.119. The molecule has 0 spiro atoms. The summed E-state index contributed by atoms with van der Waals surface area (Å²) >= 11 is 0. The first-order valence-corrected chi connectivity index (χ1v) is 7.65. The highest BCUT2D eigenvalue weighted by atomic mass is 16.1. The van der Waals surface area contributed by atoms with E-state index in [0.717, 1.165) is 37.5 Å². The van der Waals surface area contributed by atoms with Gasteiger partial charge in [-0.15, -0.1) is 5.10 Å². The van der Waals surface area contributed by atoms with E-state index >= 15 is 0 Å². The predicted octanol–water partition coefficient (Wildman–Crippen LogP) is 0.933. The average Bonchev–Trinajstić information content (AvgIpc) is 2.93. The molecule has 2 aliphatic heterocycles. The van der Waals surface area contributed by atoms with Crippen molar-refractivity contribution in [2.45, 2.75) is 19.8 Å². The number of piperazine rings is 1. The first kappa shape index (κ1) is 14.7. The van der Waals surface area contributed by atoms with Crippen molar-refractivity contribution in [2.75, 3.05) is 31.1 Å². The second-order valence-electron chi connectivity index (χ2n) is 5.69. The smallest absolute Gasteiger partial charge is 0.229 e. The van der Waals surface area contributed by atoms with Gasteiger partial charge in [-0.2, -0.15) is 5.10 Å². The third-order valence-corrected chi connectivity index (χ3v) is 3.81. The molecule has 2 N–H and O–H groups in total. The lowest BCUT2D eigenvalue weighted by Crippen LogP contribution is -2.43. The van der Waals surface area contributed by atoms with Crippen molar-refractivity contribution in [1.29, 1.82) is 0 Å². The molecule has 6 heteroatoms. The van der Waals surface area contributed by atoms with Crippen LogP contribution in [-0.4, -0.2) is 43.6 Å². The van der Waals surface area contributed by atoms with Gasteiger partial charge in [0.1, 0.15) is 5.84 Å². The van der Waals surface area contributed by atoms with Crippen LogP contribution in [-0.2, 0) is 11.2 Å². The zero-order chi connectivity index (χ0) is 15.4. The number of carbonyl (C=O) groups is 1. The Hall–Kier alpha value is -2.21. The van der Waals surface area contributed by atoms with Crippen molar-refractivity contribution in [3.63, 3.8) is 0 Å². The van der Waals surface area contributed by atoms with Crippen molar-refractivity contribution in [1.82, 2.24) is 10.6 Å². The maximum Gasteiger partial charge on any atom is 0.229 e. The summed E-state index contributed by atoms with van der Waals surface area (Å²) in [6.45, 7) is 5.92. The number of hydrogen-bond acceptors (Lipinski definition) is 5. The van der Waals surface area contributed by atoms with E-state index in [4.69, 9.17) is 0 Å². The molecule has 2 aliphatic rings. The summed E-state index contributed by atoms with van der Waals surface area (Å²) in [7, 11) is 0. The highest BCUT2D eigenvalue weighted by Gasteiger charge is 2.14. The Labute approximate surface area is 130 Å². The second-order valence-corrected chi connectivity index (χ2v) is 5.69. The number of hydrogen-bond donors (Lipinski definition) is 2. The molecule has 1 fully saturated rings. The molecule has 0 saturated carbocycles. The minimum Gasteiger partial charge on any atom is -0.369 e. The van der Waals surface area contributed by atoms with Crippen LogP contribution in [0.15, 0.2) is 34.5 Å². The predicted molar refractivity (Wildman–Crippen MR) is 88.5 cm³/mol. The topological polar surface area (TPSA) is 69.1 Å². The Morgan fingerprint density at radius 1 is 1.32 bits per heavy atom. The first-order chi connectivity index (χ1) is 10.7. The summed E-state index contributed by atoms with van der Waals surface area (Å²) in [6.07, 6.45) is 0.991. The Balaban J connectivity index is 1.59. The van der Waals surface area contributed by atoms with Crippen LogP contribution in [0.2, 0.25) is 0 Å². The summed E-state index contributed by atoms with van der Waals surface area (Å²) < 4.78 is 0. The minimum absolute atomic E-state index is 0.0406. The number of nitrogens with zero attached hydrogens (tertiary/aromatic N) is 3. The fraction of sp³-hybridized carbons (Fsp3) is 0.438. The lowest BCUT2D eigenvalue weighted by atomic mass is 10.1. The average molecular weight is 299 g/mol. The lowest BCUT2D eigenvalue weighted by Gasteiger charge is -2.29. The normalized spacial score (nSPS) is 18.0. The van der Waals surface area contributed by atoms with Crippen molar-refractivity contribution < 1.29 is 4.79 Å². The molecule has 0 bridgehead atoms. The van der Waals surface area contributed by atoms with Crippen LogP contribution < -0.4 is 15.5 Å². The van der Waals surface area contributed by atoms with Crippen LogP contribution in [0.4, 0.5) is 5.69 Å². The fourth-order valence-corrected chi connectivity index (χ4v) is 2.70. The van der Waals surface area contributed by atoms with Gasteiger partial charge in [-0.1, -0.05) is 12.1 Å². The van der Waals surface area contributed by atoms with Crippen LogP contribution in [0, 0.1) is 0 Å². The number of rotatable bonds is 3. The monoisotopic (exact) mass is 299 g/mol. The van der Waals surface area contributed by atoms with Gasteiger partial charge < -0.3 is 15.5 Å². The molecule has 0 unspecified atom stereocenters. The molecule has 3 rings (SSSR count). The summed E-state index contributed by atoms with van der Waals surface area (Å²) in [5.74, 6) is 0.599. The highest BCUT2D eigenvalue weighted by molar-refractivity contribution is 6.10. The zero-order valence-electron chi connectivity index (χ0n) is 12.8. The van der Waals surface area contributed by atoms with E-state index in [9.17, 15) is 4.79 Å². The van der Waals surface area contributed by atoms with E-state index in [1.165, 1.54) is 5.69 Å². The van der Waals surface area contributed by atoms with Crippen molar-refractivity contribution in [2.24, 2.45) is 10.2 Å². The number of nitrogens with one attached hydrogen (secondary N) is 2. The van der Waals surface area contributed by atoms with Crippen LogP contribution >= 0.6 is 0 Å². The minimum atomic E-state index is -0.0406. The van der Waals surface area contributed by atoms with E-state index in [1.54, 1.807) is 0 Å². The van der Waals surface area contributed by atoms with E-state index in [1.807, 2.05) is 19.1 Å². The zero-order valence-corrected chi connectivity index (χ0v) is 12.8. The van der Waals surface area contributed by atoms with E-state index in [2.05, 4.69) is 37.9 Å². The van der Waals surface area contributed by atoms with Crippen LogP contribution in [0.5, 0.6) is 0 Å². The standard InChI is InChI=1S/C16H21N5O/c1-12-9-15(20-19-12)18-16(22)11-13-3-2-4-14(10-13)21-7-5-17-6-8-21/h2-4,10,17H,5-9,11H2,1H3,(H,18,20,22). The van der Waals surface area contributed by atoms with Crippen molar-refractivity contribution in [3.05, 3.63) is 29.8 Å². The number of amidine groups is 1. The third-order valence-electron chi connectivity index (χ3n) is 3.81. The number of benzene rings is 1. The van der Waals surface area contributed by atoms with E-state index in [-0.39, 0.29) is 5.91 Å². The van der Waals surface area contributed by atoms with Crippen LogP contribution in [0.1, 0.15) is 18.9 Å².